The number of methoxy groups -OCH3 is 1. The molecular weight excluding hydrogens is 330 g/mol. The van der Waals surface area contributed by atoms with Gasteiger partial charge in [-0.3, -0.25) is 4.79 Å². The van der Waals surface area contributed by atoms with Gasteiger partial charge in [0.25, 0.3) is 5.91 Å². The second kappa shape index (κ2) is 6.86. The van der Waals surface area contributed by atoms with Crippen molar-refractivity contribution >= 4 is 35.1 Å². The van der Waals surface area contributed by atoms with Gasteiger partial charge in [-0.1, -0.05) is 12.1 Å². The molecule has 6 heteroatoms. The molecule has 1 aliphatic rings. The molecule has 1 amide bonds. The van der Waals surface area contributed by atoms with Gasteiger partial charge >= 0.3 is 0 Å². The monoisotopic (exact) mass is 347 g/mol. The minimum absolute atomic E-state index is 0.359. The number of fused-ring (bicyclic) bond motifs is 1. The summed E-state index contributed by atoms with van der Waals surface area (Å²) in [5.74, 6) is 0.367. The molecule has 1 aliphatic heterocycles. The van der Waals surface area contributed by atoms with Crippen molar-refractivity contribution in [3.05, 3.63) is 48.0 Å². The molecule has 0 saturated heterocycles. The summed E-state index contributed by atoms with van der Waals surface area (Å²) in [6.07, 6.45) is 0.876. The highest BCUT2D eigenvalue weighted by atomic mass is 32.2. The molecule has 0 spiro atoms. The zero-order valence-corrected chi connectivity index (χ0v) is 14.4. The van der Waals surface area contributed by atoms with E-state index < -0.39 is 6.10 Å². The predicted molar refractivity (Wildman–Crippen MR) is 94.5 cm³/mol. The summed E-state index contributed by atoms with van der Waals surface area (Å²) in [6, 6.07) is 13.4. The fourth-order valence-corrected chi connectivity index (χ4v) is 4.07. The molecule has 0 aliphatic carbocycles. The molecule has 2 unspecified atom stereocenters. The van der Waals surface area contributed by atoms with Gasteiger partial charge in [-0.2, -0.15) is 0 Å². The number of rotatable bonds is 3. The normalized spacial score (nSPS) is 20.4. The van der Waals surface area contributed by atoms with Gasteiger partial charge in [0.2, 0.25) is 0 Å². The van der Waals surface area contributed by atoms with Gasteiger partial charge in [-0.25, -0.2) is 0 Å². The van der Waals surface area contributed by atoms with Crippen molar-refractivity contribution < 1.29 is 14.6 Å². The molecule has 0 fully saturated rings. The number of carbonyl (C=O) groups is 1. The van der Waals surface area contributed by atoms with Crippen LogP contribution in [0.15, 0.2) is 52.3 Å². The van der Waals surface area contributed by atoms with Crippen molar-refractivity contribution in [2.24, 2.45) is 0 Å². The molecule has 2 N–H and O–H groups in total. The Morgan fingerprint density at radius 2 is 1.96 bits per heavy atom. The van der Waals surface area contributed by atoms with Crippen molar-refractivity contribution in [1.82, 2.24) is 0 Å². The summed E-state index contributed by atoms with van der Waals surface area (Å²) >= 11 is 3.11. The lowest BCUT2D eigenvalue weighted by Crippen LogP contribution is -2.30. The Balaban J connectivity index is 1.97. The Bertz CT molecular complexity index is 718. The third kappa shape index (κ3) is 3.34. The number of thioether (sulfide) groups is 2. The van der Waals surface area contributed by atoms with Crippen LogP contribution in [-0.4, -0.2) is 30.5 Å². The van der Waals surface area contributed by atoms with E-state index in [-0.39, 0.29) is 11.2 Å². The van der Waals surface area contributed by atoms with Gasteiger partial charge in [0.15, 0.2) is 0 Å². The second-order valence-corrected chi connectivity index (χ2v) is 7.17. The Kier molecular flexibility index (Phi) is 4.84. The zero-order chi connectivity index (χ0) is 16.4. The number of carbonyl (C=O) groups excluding carboxylic acids is 1. The summed E-state index contributed by atoms with van der Waals surface area (Å²) in [5.41, 5.74) is 1.64. The maximum Gasteiger partial charge on any atom is 0.254 e. The van der Waals surface area contributed by atoms with Crippen LogP contribution in [0.2, 0.25) is 0 Å². The highest BCUT2D eigenvalue weighted by Gasteiger charge is 2.32. The minimum atomic E-state index is -1.11. The molecule has 2 aromatic rings. The topological polar surface area (TPSA) is 58.6 Å². The van der Waals surface area contributed by atoms with E-state index in [1.807, 2.05) is 48.7 Å². The Morgan fingerprint density at radius 3 is 2.61 bits per heavy atom. The number of hydrogen-bond donors (Lipinski definition) is 2. The summed E-state index contributed by atoms with van der Waals surface area (Å²) in [5, 5.41) is 12.9. The van der Waals surface area contributed by atoms with Crippen LogP contribution in [0.3, 0.4) is 0 Å². The maximum absolute atomic E-state index is 12.3. The quantitative estimate of drug-likeness (QED) is 0.832. The number of aliphatic hydroxyl groups is 1. The largest absolute Gasteiger partial charge is 0.497 e. The standard InChI is InChI=1S/C17H17NO3S2/c1-21-11-5-3-10(4-6-11)16-15(19)17(20)18-13-9-12(22-2)7-8-14(13)23-16/h3-9,15-16,19H,1-2H3,(H,18,20). The molecule has 0 radical (unpaired) electrons. The fraction of sp³-hybridized carbons (Fsp3) is 0.235. The third-order valence-corrected chi connectivity index (χ3v) is 5.82. The molecule has 23 heavy (non-hydrogen) atoms. The molecule has 2 atom stereocenters. The predicted octanol–water partition coefficient (Wildman–Crippen LogP) is 3.56. The Labute approximate surface area is 143 Å². The van der Waals surface area contributed by atoms with Crippen LogP contribution in [0.25, 0.3) is 0 Å². The van der Waals surface area contributed by atoms with Crippen LogP contribution in [0, 0.1) is 0 Å². The average molecular weight is 347 g/mol. The molecule has 3 rings (SSSR count). The molecule has 0 bridgehead atoms. The lowest BCUT2D eigenvalue weighted by molar-refractivity contribution is -0.124. The number of hydrogen-bond acceptors (Lipinski definition) is 5. The molecular formula is C17H17NO3S2. The van der Waals surface area contributed by atoms with E-state index >= 15 is 0 Å². The number of nitrogens with one attached hydrogen (secondary N) is 1. The van der Waals surface area contributed by atoms with E-state index in [4.69, 9.17) is 4.74 Å². The zero-order valence-electron chi connectivity index (χ0n) is 12.8. The van der Waals surface area contributed by atoms with Gasteiger partial charge in [0, 0.05) is 9.79 Å². The first-order valence-electron chi connectivity index (χ1n) is 7.10. The third-order valence-electron chi connectivity index (χ3n) is 3.70. The number of ether oxygens (including phenoxy) is 1. The van der Waals surface area contributed by atoms with Crippen LogP contribution < -0.4 is 10.1 Å². The smallest absolute Gasteiger partial charge is 0.254 e. The highest BCUT2D eigenvalue weighted by Crippen LogP contribution is 2.44. The average Bonchev–Trinajstić information content (AvgIpc) is 2.71. The summed E-state index contributed by atoms with van der Waals surface area (Å²) < 4.78 is 5.16. The van der Waals surface area contributed by atoms with Gasteiger partial charge in [-0.05, 0) is 42.2 Å². The van der Waals surface area contributed by atoms with Gasteiger partial charge in [0.1, 0.15) is 11.9 Å². The van der Waals surface area contributed by atoms with Crippen LogP contribution in [0.4, 0.5) is 5.69 Å². The van der Waals surface area contributed by atoms with Crippen LogP contribution in [0.5, 0.6) is 5.75 Å². The number of anilines is 1. The lowest BCUT2D eigenvalue weighted by atomic mass is 10.1. The van der Waals surface area contributed by atoms with E-state index in [2.05, 4.69) is 5.32 Å². The Hall–Kier alpha value is -1.63. The molecule has 4 nitrogen and oxygen atoms in total. The number of aliphatic hydroxyl groups excluding tert-OH is 1. The van der Waals surface area contributed by atoms with Crippen LogP contribution >= 0.6 is 23.5 Å². The first-order valence-corrected chi connectivity index (χ1v) is 9.20. The van der Waals surface area contributed by atoms with Crippen LogP contribution in [0.1, 0.15) is 10.8 Å². The van der Waals surface area contributed by atoms with Gasteiger partial charge in [0.05, 0.1) is 18.0 Å². The van der Waals surface area contributed by atoms with E-state index in [0.717, 1.165) is 26.8 Å². The minimum Gasteiger partial charge on any atom is -0.497 e. The first kappa shape index (κ1) is 16.2. The molecule has 2 aromatic carbocycles. The fourth-order valence-electron chi connectivity index (χ4n) is 2.43. The first-order chi connectivity index (χ1) is 11.1. The van der Waals surface area contributed by atoms with Gasteiger partial charge < -0.3 is 15.2 Å². The van der Waals surface area contributed by atoms with Crippen LogP contribution in [-0.2, 0) is 4.79 Å². The van der Waals surface area contributed by atoms with E-state index in [1.54, 1.807) is 18.9 Å². The van der Waals surface area contributed by atoms with Crippen molar-refractivity contribution in [1.29, 1.82) is 0 Å². The number of benzene rings is 2. The van der Waals surface area contributed by atoms with Crippen molar-refractivity contribution in [2.45, 2.75) is 21.1 Å². The van der Waals surface area contributed by atoms with Gasteiger partial charge in [-0.15, -0.1) is 23.5 Å². The summed E-state index contributed by atoms with van der Waals surface area (Å²) in [6.45, 7) is 0. The highest BCUT2D eigenvalue weighted by molar-refractivity contribution is 8.00. The Morgan fingerprint density at radius 1 is 1.22 bits per heavy atom. The molecule has 120 valence electrons. The molecule has 0 aromatic heterocycles. The summed E-state index contributed by atoms with van der Waals surface area (Å²) in [7, 11) is 1.61. The van der Waals surface area contributed by atoms with Crippen molar-refractivity contribution in [2.75, 3.05) is 18.7 Å². The van der Waals surface area contributed by atoms with E-state index in [1.165, 1.54) is 11.8 Å². The second-order valence-electron chi connectivity index (χ2n) is 5.11. The molecule has 1 heterocycles. The van der Waals surface area contributed by atoms with Crippen molar-refractivity contribution in [3.63, 3.8) is 0 Å². The molecule has 0 saturated carbocycles. The van der Waals surface area contributed by atoms with E-state index in [9.17, 15) is 9.90 Å². The van der Waals surface area contributed by atoms with Crippen molar-refractivity contribution in [3.8, 4) is 5.75 Å². The maximum atomic E-state index is 12.3. The number of amides is 1. The van der Waals surface area contributed by atoms with E-state index in [0.29, 0.717) is 0 Å². The SMILES string of the molecule is COc1ccc(C2Sc3ccc(SC)cc3NC(=O)C2O)cc1. The lowest BCUT2D eigenvalue weighted by Gasteiger charge is -2.19. The summed E-state index contributed by atoms with van der Waals surface area (Å²) in [4.78, 5) is 14.3.